The molecule has 0 saturated heterocycles. The van der Waals surface area contributed by atoms with E-state index in [0.717, 1.165) is 49.4 Å². The molecule has 134 valence electrons. The Morgan fingerprint density at radius 1 is 1.20 bits per heavy atom. The van der Waals surface area contributed by atoms with E-state index in [1.54, 1.807) is 0 Å². The Balaban J connectivity index is 1.58. The highest BCUT2D eigenvalue weighted by Crippen LogP contribution is 2.18. The zero-order valence-electron chi connectivity index (χ0n) is 14.9. The Morgan fingerprint density at radius 3 is 2.84 bits per heavy atom. The van der Waals surface area contributed by atoms with Crippen molar-refractivity contribution in [3.63, 3.8) is 0 Å². The number of rotatable bonds is 6. The lowest BCUT2D eigenvalue weighted by molar-refractivity contribution is 0.235. The van der Waals surface area contributed by atoms with Crippen LogP contribution >= 0.6 is 0 Å². The second kappa shape index (κ2) is 8.65. The number of hydrogen-bond donors (Lipinski definition) is 2. The van der Waals surface area contributed by atoms with Gasteiger partial charge in [-0.15, -0.1) is 10.2 Å². The van der Waals surface area contributed by atoms with Crippen LogP contribution < -0.4 is 10.6 Å². The van der Waals surface area contributed by atoms with Crippen molar-refractivity contribution in [3.8, 4) is 0 Å². The molecule has 2 amide bonds. The number of aryl methyl sites for hydroxylation is 1. The second-order valence-corrected chi connectivity index (χ2v) is 6.57. The van der Waals surface area contributed by atoms with E-state index in [1.807, 2.05) is 18.2 Å². The van der Waals surface area contributed by atoms with Gasteiger partial charge in [0, 0.05) is 13.0 Å². The standard InChI is InChI=1S/C19H27N5O/c1-2-9-16(15-10-5-3-6-11-15)21-19(25)20-14-18-23-22-17-12-7-4-8-13-24(17)18/h3,5-6,10-11,16H,2,4,7-9,12-14H2,1H3,(H2,20,21,25). The maximum atomic E-state index is 12.4. The van der Waals surface area contributed by atoms with Crippen molar-refractivity contribution >= 4 is 6.03 Å². The summed E-state index contributed by atoms with van der Waals surface area (Å²) in [5, 5.41) is 14.6. The Labute approximate surface area is 149 Å². The molecular formula is C19H27N5O. The van der Waals surface area contributed by atoms with Crippen LogP contribution in [0.15, 0.2) is 30.3 Å². The van der Waals surface area contributed by atoms with Gasteiger partial charge in [-0.2, -0.15) is 0 Å². The van der Waals surface area contributed by atoms with E-state index >= 15 is 0 Å². The van der Waals surface area contributed by atoms with E-state index in [0.29, 0.717) is 6.54 Å². The Morgan fingerprint density at radius 2 is 2.04 bits per heavy atom. The van der Waals surface area contributed by atoms with Crippen LogP contribution in [0, 0.1) is 0 Å². The number of carbonyl (C=O) groups excluding carboxylic acids is 1. The number of carbonyl (C=O) groups is 1. The van der Waals surface area contributed by atoms with Gasteiger partial charge >= 0.3 is 6.03 Å². The number of nitrogens with zero attached hydrogens (tertiary/aromatic N) is 3. The summed E-state index contributed by atoms with van der Waals surface area (Å²) in [5.74, 6) is 1.89. The summed E-state index contributed by atoms with van der Waals surface area (Å²) in [6, 6.07) is 9.98. The number of nitrogens with one attached hydrogen (secondary N) is 2. The van der Waals surface area contributed by atoms with E-state index in [1.165, 1.54) is 12.8 Å². The number of urea groups is 1. The molecule has 2 aromatic rings. The molecule has 1 aliphatic heterocycles. The molecule has 0 bridgehead atoms. The van der Waals surface area contributed by atoms with Gasteiger partial charge in [-0.1, -0.05) is 50.1 Å². The zero-order valence-corrected chi connectivity index (χ0v) is 14.9. The van der Waals surface area contributed by atoms with Crippen LogP contribution in [-0.4, -0.2) is 20.8 Å². The fourth-order valence-electron chi connectivity index (χ4n) is 3.34. The zero-order chi connectivity index (χ0) is 17.5. The Kier molecular flexibility index (Phi) is 6.04. The molecule has 1 unspecified atom stereocenters. The molecule has 0 radical (unpaired) electrons. The molecule has 25 heavy (non-hydrogen) atoms. The van der Waals surface area contributed by atoms with Crippen LogP contribution in [0.3, 0.4) is 0 Å². The van der Waals surface area contributed by atoms with E-state index < -0.39 is 0 Å². The van der Waals surface area contributed by atoms with Gasteiger partial charge in [0.05, 0.1) is 12.6 Å². The average molecular weight is 341 g/mol. The number of aromatic nitrogens is 3. The highest BCUT2D eigenvalue weighted by Gasteiger charge is 2.17. The largest absolute Gasteiger partial charge is 0.331 e. The topological polar surface area (TPSA) is 71.8 Å². The molecule has 0 spiro atoms. The first-order chi connectivity index (χ1) is 12.3. The number of benzene rings is 1. The normalized spacial score (nSPS) is 15.1. The molecule has 0 aliphatic carbocycles. The van der Waals surface area contributed by atoms with Crippen LogP contribution in [0.1, 0.15) is 62.3 Å². The van der Waals surface area contributed by atoms with Crippen LogP contribution in [0.5, 0.6) is 0 Å². The third kappa shape index (κ3) is 4.59. The van der Waals surface area contributed by atoms with Crippen molar-refractivity contribution in [2.24, 2.45) is 0 Å². The van der Waals surface area contributed by atoms with Crippen molar-refractivity contribution in [2.75, 3.05) is 0 Å². The highest BCUT2D eigenvalue weighted by molar-refractivity contribution is 5.74. The second-order valence-electron chi connectivity index (χ2n) is 6.57. The van der Waals surface area contributed by atoms with Gasteiger partial charge in [0.15, 0.2) is 5.82 Å². The SMILES string of the molecule is CCCC(NC(=O)NCc1nnc2n1CCCCC2)c1ccccc1. The summed E-state index contributed by atoms with van der Waals surface area (Å²) >= 11 is 0. The fourth-order valence-corrected chi connectivity index (χ4v) is 3.34. The maximum Gasteiger partial charge on any atom is 0.315 e. The first-order valence-corrected chi connectivity index (χ1v) is 9.28. The van der Waals surface area contributed by atoms with Gasteiger partial charge in [-0.3, -0.25) is 0 Å². The molecule has 3 rings (SSSR count). The first kappa shape index (κ1) is 17.5. The van der Waals surface area contributed by atoms with E-state index in [-0.39, 0.29) is 12.1 Å². The molecular weight excluding hydrogens is 314 g/mol. The minimum Gasteiger partial charge on any atom is -0.331 e. The quantitative estimate of drug-likeness (QED) is 0.846. The summed E-state index contributed by atoms with van der Waals surface area (Å²) < 4.78 is 2.16. The van der Waals surface area contributed by atoms with E-state index in [9.17, 15) is 4.79 Å². The van der Waals surface area contributed by atoms with Crippen molar-refractivity contribution in [1.29, 1.82) is 0 Å². The molecule has 1 aliphatic rings. The van der Waals surface area contributed by atoms with Crippen LogP contribution in [0.2, 0.25) is 0 Å². The van der Waals surface area contributed by atoms with Crippen molar-refractivity contribution < 1.29 is 4.79 Å². The van der Waals surface area contributed by atoms with Crippen molar-refractivity contribution in [3.05, 3.63) is 47.5 Å². The van der Waals surface area contributed by atoms with Gasteiger partial charge in [0.25, 0.3) is 0 Å². The molecule has 6 heteroatoms. The maximum absolute atomic E-state index is 12.4. The van der Waals surface area contributed by atoms with Gasteiger partial charge in [-0.05, 0) is 24.8 Å². The van der Waals surface area contributed by atoms with Crippen LogP contribution in [-0.2, 0) is 19.5 Å². The molecule has 1 atom stereocenters. The molecule has 0 fully saturated rings. The van der Waals surface area contributed by atoms with E-state index in [4.69, 9.17) is 0 Å². The van der Waals surface area contributed by atoms with E-state index in [2.05, 4.69) is 44.5 Å². The lowest BCUT2D eigenvalue weighted by Crippen LogP contribution is -2.38. The average Bonchev–Trinajstić information content (AvgIpc) is 2.86. The lowest BCUT2D eigenvalue weighted by Gasteiger charge is -2.19. The molecule has 2 heterocycles. The van der Waals surface area contributed by atoms with Crippen molar-refractivity contribution in [2.45, 2.75) is 64.6 Å². The predicted octanol–water partition coefficient (Wildman–Crippen LogP) is 3.35. The summed E-state index contributed by atoms with van der Waals surface area (Å²) in [6.45, 7) is 3.48. The molecule has 1 aromatic carbocycles. The summed E-state index contributed by atoms with van der Waals surface area (Å²) in [5.41, 5.74) is 1.14. The van der Waals surface area contributed by atoms with Crippen LogP contribution in [0.4, 0.5) is 4.79 Å². The van der Waals surface area contributed by atoms with Gasteiger partial charge in [0.2, 0.25) is 0 Å². The van der Waals surface area contributed by atoms with Gasteiger partial charge in [-0.25, -0.2) is 4.79 Å². The van der Waals surface area contributed by atoms with Crippen LogP contribution in [0.25, 0.3) is 0 Å². The Hall–Kier alpha value is -2.37. The number of amides is 2. The first-order valence-electron chi connectivity index (χ1n) is 9.28. The minimum absolute atomic E-state index is 0.0294. The monoisotopic (exact) mass is 341 g/mol. The fraction of sp³-hybridized carbons (Fsp3) is 0.526. The Bertz CT molecular complexity index is 682. The third-order valence-electron chi connectivity index (χ3n) is 4.68. The molecule has 1 aromatic heterocycles. The smallest absolute Gasteiger partial charge is 0.315 e. The number of hydrogen-bond acceptors (Lipinski definition) is 3. The summed E-state index contributed by atoms with van der Waals surface area (Å²) in [6.07, 6.45) is 6.45. The third-order valence-corrected chi connectivity index (χ3v) is 4.68. The molecule has 2 N–H and O–H groups in total. The summed E-state index contributed by atoms with van der Waals surface area (Å²) in [7, 11) is 0. The predicted molar refractivity (Wildman–Crippen MR) is 97.0 cm³/mol. The van der Waals surface area contributed by atoms with Gasteiger partial charge < -0.3 is 15.2 Å². The number of fused-ring (bicyclic) bond motifs is 1. The van der Waals surface area contributed by atoms with Gasteiger partial charge in [0.1, 0.15) is 5.82 Å². The van der Waals surface area contributed by atoms with Crippen molar-refractivity contribution in [1.82, 2.24) is 25.4 Å². The highest BCUT2D eigenvalue weighted by atomic mass is 16.2. The lowest BCUT2D eigenvalue weighted by atomic mass is 10.0. The minimum atomic E-state index is -0.159. The molecule has 0 saturated carbocycles. The molecule has 6 nitrogen and oxygen atoms in total. The summed E-state index contributed by atoms with van der Waals surface area (Å²) in [4.78, 5) is 12.4.